The van der Waals surface area contributed by atoms with Crippen LogP contribution in [-0.2, 0) is 11.8 Å². The van der Waals surface area contributed by atoms with E-state index in [1.165, 1.54) is 11.8 Å². The molecule has 1 aliphatic rings. The third kappa shape index (κ3) is 3.26. The van der Waals surface area contributed by atoms with Gasteiger partial charge in [0.15, 0.2) is 11.0 Å². The van der Waals surface area contributed by atoms with Gasteiger partial charge in [-0.15, -0.1) is 10.2 Å². The first-order valence-electron chi connectivity index (χ1n) is 7.07. The molecule has 1 saturated carbocycles. The zero-order valence-electron chi connectivity index (χ0n) is 12.1. The normalized spacial score (nSPS) is 15.7. The van der Waals surface area contributed by atoms with Gasteiger partial charge < -0.3 is 9.88 Å². The van der Waals surface area contributed by atoms with Crippen LogP contribution in [0.25, 0.3) is 11.4 Å². The second kappa shape index (κ2) is 5.89. The summed E-state index contributed by atoms with van der Waals surface area (Å²) in [7, 11) is 1.93. The lowest BCUT2D eigenvalue weighted by molar-refractivity contribution is -0.120. The molecule has 0 bridgehead atoms. The second-order valence-electron chi connectivity index (χ2n) is 5.27. The van der Waals surface area contributed by atoms with E-state index in [-0.39, 0.29) is 11.2 Å². The van der Waals surface area contributed by atoms with Gasteiger partial charge in [0.1, 0.15) is 0 Å². The van der Waals surface area contributed by atoms with Crippen molar-refractivity contribution in [1.29, 1.82) is 0 Å². The highest BCUT2D eigenvalue weighted by atomic mass is 32.2. The average molecular weight is 302 g/mol. The van der Waals surface area contributed by atoms with Gasteiger partial charge >= 0.3 is 0 Å². The van der Waals surface area contributed by atoms with Crippen molar-refractivity contribution in [2.24, 2.45) is 7.05 Å². The van der Waals surface area contributed by atoms with Crippen LogP contribution in [0.3, 0.4) is 0 Å². The van der Waals surface area contributed by atoms with E-state index in [2.05, 4.69) is 15.5 Å². The highest BCUT2D eigenvalue weighted by Crippen LogP contribution is 2.26. The first-order valence-corrected chi connectivity index (χ1v) is 7.95. The Hall–Kier alpha value is -1.82. The van der Waals surface area contributed by atoms with E-state index >= 15 is 0 Å². The van der Waals surface area contributed by atoms with Gasteiger partial charge in [-0.05, 0) is 19.8 Å². The fourth-order valence-corrected chi connectivity index (χ4v) is 2.84. The third-order valence-corrected chi connectivity index (χ3v) is 4.58. The van der Waals surface area contributed by atoms with Crippen LogP contribution in [0.5, 0.6) is 0 Å². The van der Waals surface area contributed by atoms with Crippen LogP contribution in [0, 0.1) is 0 Å². The van der Waals surface area contributed by atoms with Gasteiger partial charge in [-0.1, -0.05) is 42.1 Å². The molecule has 6 heteroatoms. The van der Waals surface area contributed by atoms with E-state index in [0.29, 0.717) is 6.04 Å². The average Bonchev–Trinajstić information content (AvgIpc) is 3.24. The predicted octanol–water partition coefficient (Wildman–Crippen LogP) is 2.24. The van der Waals surface area contributed by atoms with E-state index in [1.54, 1.807) is 0 Å². The molecule has 1 heterocycles. The van der Waals surface area contributed by atoms with E-state index < -0.39 is 0 Å². The molecule has 0 aliphatic heterocycles. The summed E-state index contributed by atoms with van der Waals surface area (Å²) >= 11 is 1.44. The van der Waals surface area contributed by atoms with Crippen molar-refractivity contribution >= 4 is 17.7 Å². The summed E-state index contributed by atoms with van der Waals surface area (Å²) in [6.07, 6.45) is 2.20. The Labute approximate surface area is 128 Å². The Bertz CT molecular complexity index is 636. The molecule has 5 nitrogen and oxygen atoms in total. The van der Waals surface area contributed by atoms with E-state index in [4.69, 9.17) is 0 Å². The molecule has 0 radical (unpaired) electrons. The highest BCUT2D eigenvalue weighted by molar-refractivity contribution is 8.00. The lowest BCUT2D eigenvalue weighted by Crippen LogP contribution is -2.32. The van der Waals surface area contributed by atoms with Crippen molar-refractivity contribution < 1.29 is 4.79 Å². The van der Waals surface area contributed by atoms with Gasteiger partial charge in [0, 0.05) is 18.7 Å². The molecular weight excluding hydrogens is 284 g/mol. The summed E-state index contributed by atoms with van der Waals surface area (Å²) in [4.78, 5) is 12.0. The van der Waals surface area contributed by atoms with Gasteiger partial charge in [0.25, 0.3) is 0 Å². The van der Waals surface area contributed by atoms with Gasteiger partial charge in [0.2, 0.25) is 5.91 Å². The van der Waals surface area contributed by atoms with Crippen LogP contribution < -0.4 is 5.32 Å². The smallest absolute Gasteiger partial charge is 0.233 e. The molecular formula is C15H18N4OS. The summed E-state index contributed by atoms with van der Waals surface area (Å²) in [5, 5.41) is 12.0. The standard InChI is InChI=1S/C15H18N4OS/c1-10(14(20)16-12-8-9-12)21-15-18-17-13(19(15)2)11-6-4-3-5-7-11/h3-7,10,12H,8-9H2,1-2H3,(H,16,20). The quantitative estimate of drug-likeness (QED) is 0.861. The largest absolute Gasteiger partial charge is 0.352 e. The molecule has 1 aromatic heterocycles. The maximum atomic E-state index is 12.0. The second-order valence-corrected chi connectivity index (χ2v) is 6.58. The molecule has 1 aromatic carbocycles. The minimum atomic E-state index is -0.169. The number of nitrogens with zero attached hydrogens (tertiary/aromatic N) is 3. The van der Waals surface area contributed by atoms with Crippen LogP contribution in [0.15, 0.2) is 35.5 Å². The predicted molar refractivity (Wildman–Crippen MR) is 82.9 cm³/mol. The van der Waals surface area contributed by atoms with E-state index in [9.17, 15) is 4.79 Å². The number of thioether (sulfide) groups is 1. The summed E-state index contributed by atoms with van der Waals surface area (Å²) in [6.45, 7) is 1.90. The van der Waals surface area contributed by atoms with Crippen LogP contribution >= 0.6 is 11.8 Å². The first-order chi connectivity index (χ1) is 10.1. The molecule has 21 heavy (non-hydrogen) atoms. The SMILES string of the molecule is CC(Sc1nnc(-c2ccccc2)n1C)C(=O)NC1CC1. The van der Waals surface area contributed by atoms with Crippen molar-refractivity contribution in [3.05, 3.63) is 30.3 Å². The lowest BCUT2D eigenvalue weighted by atomic mass is 10.2. The molecule has 1 amide bonds. The zero-order valence-corrected chi connectivity index (χ0v) is 12.9. The maximum Gasteiger partial charge on any atom is 0.233 e. The Kier molecular flexibility index (Phi) is 3.96. The molecule has 110 valence electrons. The molecule has 1 aliphatic carbocycles. The summed E-state index contributed by atoms with van der Waals surface area (Å²) in [5.74, 6) is 0.889. The van der Waals surface area contributed by atoms with Crippen LogP contribution in [0.2, 0.25) is 0 Å². The number of hydrogen-bond acceptors (Lipinski definition) is 4. The fraction of sp³-hybridized carbons (Fsp3) is 0.400. The molecule has 1 fully saturated rings. The number of aromatic nitrogens is 3. The summed E-state index contributed by atoms with van der Waals surface area (Å²) in [6, 6.07) is 10.3. The van der Waals surface area contributed by atoms with Crippen molar-refractivity contribution in [3.8, 4) is 11.4 Å². The molecule has 1 N–H and O–H groups in total. The summed E-state index contributed by atoms with van der Waals surface area (Å²) < 4.78 is 1.93. The fourth-order valence-electron chi connectivity index (χ4n) is 2.01. The topological polar surface area (TPSA) is 59.8 Å². The molecule has 1 unspecified atom stereocenters. The minimum absolute atomic E-state index is 0.0757. The van der Waals surface area contributed by atoms with E-state index in [1.807, 2.05) is 48.9 Å². The number of amides is 1. The molecule has 0 spiro atoms. The van der Waals surface area contributed by atoms with Gasteiger partial charge in [0.05, 0.1) is 5.25 Å². The molecule has 1 atom stereocenters. The van der Waals surface area contributed by atoms with E-state index in [0.717, 1.165) is 29.4 Å². The lowest BCUT2D eigenvalue weighted by Gasteiger charge is -2.11. The number of hydrogen-bond donors (Lipinski definition) is 1. The Balaban J connectivity index is 1.71. The number of carbonyl (C=O) groups excluding carboxylic acids is 1. The Morgan fingerprint density at radius 3 is 2.71 bits per heavy atom. The van der Waals surface area contributed by atoms with Gasteiger partial charge in [-0.25, -0.2) is 0 Å². The Morgan fingerprint density at radius 2 is 2.05 bits per heavy atom. The van der Waals surface area contributed by atoms with Crippen LogP contribution in [-0.4, -0.2) is 32.0 Å². The number of rotatable bonds is 5. The van der Waals surface area contributed by atoms with Crippen molar-refractivity contribution in [2.75, 3.05) is 0 Å². The zero-order chi connectivity index (χ0) is 14.8. The van der Waals surface area contributed by atoms with Crippen molar-refractivity contribution in [1.82, 2.24) is 20.1 Å². The Morgan fingerprint density at radius 1 is 1.33 bits per heavy atom. The van der Waals surface area contributed by atoms with Crippen LogP contribution in [0.4, 0.5) is 0 Å². The van der Waals surface area contributed by atoms with Gasteiger partial charge in [-0.2, -0.15) is 0 Å². The minimum Gasteiger partial charge on any atom is -0.352 e. The third-order valence-electron chi connectivity index (χ3n) is 3.44. The maximum absolute atomic E-state index is 12.0. The number of nitrogens with one attached hydrogen (secondary N) is 1. The van der Waals surface area contributed by atoms with Crippen molar-refractivity contribution in [3.63, 3.8) is 0 Å². The van der Waals surface area contributed by atoms with Gasteiger partial charge in [-0.3, -0.25) is 4.79 Å². The highest BCUT2D eigenvalue weighted by Gasteiger charge is 2.27. The van der Waals surface area contributed by atoms with Crippen LogP contribution in [0.1, 0.15) is 19.8 Å². The monoisotopic (exact) mass is 302 g/mol. The number of benzene rings is 1. The summed E-state index contributed by atoms with van der Waals surface area (Å²) in [5.41, 5.74) is 1.02. The molecule has 0 saturated heterocycles. The molecule has 3 rings (SSSR count). The van der Waals surface area contributed by atoms with Crippen molar-refractivity contribution in [2.45, 2.75) is 36.2 Å². The first kappa shape index (κ1) is 14.1. The number of carbonyl (C=O) groups is 1. The molecule has 2 aromatic rings.